The molecule has 0 radical (unpaired) electrons. The van der Waals surface area contributed by atoms with Gasteiger partial charge in [-0.1, -0.05) is 17.7 Å². The Hall–Kier alpha value is -2.45. The summed E-state index contributed by atoms with van der Waals surface area (Å²) >= 11 is 6.04. The van der Waals surface area contributed by atoms with E-state index in [-0.39, 0.29) is 26.9 Å². The van der Waals surface area contributed by atoms with E-state index in [2.05, 4.69) is 9.46 Å². The fraction of sp³-hybridized carbons (Fsp3) is 0.188. The summed E-state index contributed by atoms with van der Waals surface area (Å²) in [6, 6.07) is 8.30. The van der Waals surface area contributed by atoms with Crippen molar-refractivity contribution in [1.82, 2.24) is 0 Å². The summed E-state index contributed by atoms with van der Waals surface area (Å²) in [6.07, 6.45) is 0. The topological polar surface area (TPSA) is 90.9 Å². The first-order chi connectivity index (χ1) is 11.8. The van der Waals surface area contributed by atoms with Crippen molar-refractivity contribution in [3.63, 3.8) is 0 Å². The van der Waals surface area contributed by atoms with E-state index in [0.29, 0.717) is 5.75 Å². The van der Waals surface area contributed by atoms with Crippen molar-refractivity contribution in [2.24, 2.45) is 0 Å². The number of anilines is 1. The minimum Gasteiger partial charge on any atom is -0.495 e. The number of methoxy groups -OCH3 is 3. The molecule has 1 N–H and O–H groups in total. The first-order valence-corrected chi connectivity index (χ1v) is 8.81. The molecule has 0 aliphatic carbocycles. The predicted octanol–water partition coefficient (Wildman–Crippen LogP) is 2.94. The molecular formula is C16H16ClNO6S. The van der Waals surface area contributed by atoms with Crippen molar-refractivity contribution >= 4 is 33.3 Å². The Kier molecular flexibility index (Phi) is 5.76. The molecule has 134 valence electrons. The van der Waals surface area contributed by atoms with Gasteiger partial charge in [-0.15, -0.1) is 0 Å². The molecule has 0 fully saturated rings. The number of hydrogen-bond acceptors (Lipinski definition) is 6. The Morgan fingerprint density at radius 1 is 1.04 bits per heavy atom. The van der Waals surface area contributed by atoms with Crippen molar-refractivity contribution in [2.75, 3.05) is 26.1 Å². The van der Waals surface area contributed by atoms with Gasteiger partial charge in [0.1, 0.15) is 11.5 Å². The number of carbonyl (C=O) groups is 1. The first-order valence-electron chi connectivity index (χ1n) is 6.95. The Labute approximate surface area is 150 Å². The normalized spacial score (nSPS) is 10.9. The van der Waals surface area contributed by atoms with E-state index in [4.69, 9.17) is 21.1 Å². The van der Waals surface area contributed by atoms with Crippen LogP contribution in [0.25, 0.3) is 0 Å². The van der Waals surface area contributed by atoms with E-state index in [9.17, 15) is 13.2 Å². The predicted molar refractivity (Wildman–Crippen MR) is 93.1 cm³/mol. The molecule has 25 heavy (non-hydrogen) atoms. The third-order valence-corrected chi connectivity index (χ3v) is 4.94. The highest BCUT2D eigenvalue weighted by atomic mass is 35.5. The quantitative estimate of drug-likeness (QED) is 0.769. The van der Waals surface area contributed by atoms with Crippen molar-refractivity contribution in [3.8, 4) is 11.5 Å². The monoisotopic (exact) mass is 385 g/mol. The Bertz CT molecular complexity index is 897. The molecule has 0 heterocycles. The summed E-state index contributed by atoms with van der Waals surface area (Å²) in [5, 5.41) is 0.212. The molecule has 0 atom stereocenters. The summed E-state index contributed by atoms with van der Waals surface area (Å²) in [6.45, 7) is 0. The molecule has 0 bridgehead atoms. The van der Waals surface area contributed by atoms with Crippen molar-refractivity contribution < 1.29 is 27.4 Å². The Balaban J connectivity index is 2.43. The number of hydrogen-bond donors (Lipinski definition) is 1. The third-order valence-electron chi connectivity index (χ3n) is 3.28. The van der Waals surface area contributed by atoms with E-state index >= 15 is 0 Å². The van der Waals surface area contributed by atoms with Gasteiger partial charge in [-0.25, -0.2) is 13.2 Å². The molecule has 9 heteroatoms. The molecule has 0 aromatic heterocycles. The fourth-order valence-corrected chi connectivity index (χ4v) is 3.40. The summed E-state index contributed by atoms with van der Waals surface area (Å²) in [5.41, 5.74) is 0.252. The van der Waals surface area contributed by atoms with Crippen LogP contribution in [-0.2, 0) is 14.8 Å². The average molecular weight is 386 g/mol. The van der Waals surface area contributed by atoms with Crippen LogP contribution < -0.4 is 14.2 Å². The summed E-state index contributed by atoms with van der Waals surface area (Å²) in [4.78, 5) is 11.5. The maximum absolute atomic E-state index is 12.6. The van der Waals surface area contributed by atoms with Gasteiger partial charge in [-0.2, -0.15) is 0 Å². The maximum Gasteiger partial charge on any atom is 0.337 e. The highest BCUT2D eigenvalue weighted by molar-refractivity contribution is 7.92. The SMILES string of the molecule is COC(=O)c1cccc(S(=O)(=O)Nc2cc(Cl)c(OC)cc2OC)c1. The molecule has 0 spiro atoms. The van der Waals surface area contributed by atoms with Gasteiger partial charge >= 0.3 is 5.97 Å². The lowest BCUT2D eigenvalue weighted by molar-refractivity contribution is 0.0600. The second-order valence-electron chi connectivity index (χ2n) is 4.81. The lowest BCUT2D eigenvalue weighted by atomic mass is 10.2. The highest BCUT2D eigenvalue weighted by Crippen LogP contribution is 2.36. The number of carbonyl (C=O) groups excluding carboxylic acids is 1. The number of rotatable bonds is 6. The van der Waals surface area contributed by atoms with Gasteiger partial charge in [0.15, 0.2) is 0 Å². The van der Waals surface area contributed by atoms with E-state index in [0.717, 1.165) is 0 Å². The number of esters is 1. The van der Waals surface area contributed by atoms with E-state index in [1.807, 2.05) is 0 Å². The molecule has 0 saturated heterocycles. The van der Waals surface area contributed by atoms with E-state index in [1.54, 1.807) is 0 Å². The van der Waals surface area contributed by atoms with E-state index in [1.165, 1.54) is 57.7 Å². The van der Waals surface area contributed by atoms with Crippen LogP contribution in [0.4, 0.5) is 5.69 Å². The molecule has 2 rings (SSSR count). The van der Waals surface area contributed by atoms with Crippen LogP contribution in [0.1, 0.15) is 10.4 Å². The molecule has 0 unspecified atom stereocenters. The van der Waals surface area contributed by atoms with Crippen LogP contribution in [0, 0.1) is 0 Å². The molecule has 0 saturated carbocycles. The summed E-state index contributed by atoms with van der Waals surface area (Å²) in [7, 11) is 0.0511. The number of nitrogens with one attached hydrogen (secondary N) is 1. The second-order valence-corrected chi connectivity index (χ2v) is 6.90. The van der Waals surface area contributed by atoms with E-state index < -0.39 is 16.0 Å². The maximum atomic E-state index is 12.6. The van der Waals surface area contributed by atoms with Gasteiger partial charge in [0.2, 0.25) is 0 Å². The zero-order valence-electron chi connectivity index (χ0n) is 13.7. The average Bonchev–Trinajstić information content (AvgIpc) is 2.61. The zero-order valence-corrected chi connectivity index (χ0v) is 15.3. The van der Waals surface area contributed by atoms with Crippen molar-refractivity contribution in [1.29, 1.82) is 0 Å². The van der Waals surface area contributed by atoms with Crippen molar-refractivity contribution in [3.05, 3.63) is 47.0 Å². The smallest absolute Gasteiger partial charge is 0.337 e. The molecule has 2 aromatic rings. The summed E-state index contributed by atoms with van der Waals surface area (Å²) in [5.74, 6) is -0.0646. The standard InChI is InChI=1S/C16H16ClNO6S/c1-22-14-9-15(23-2)13(8-12(14)17)18-25(20,21)11-6-4-5-10(7-11)16(19)24-3/h4-9,18H,1-3H3. The van der Waals surface area contributed by atoms with Crippen molar-refractivity contribution in [2.45, 2.75) is 4.90 Å². The van der Waals surface area contributed by atoms with Crippen LogP contribution in [0.15, 0.2) is 41.3 Å². The van der Waals surface area contributed by atoms with Gasteiger partial charge in [-0.3, -0.25) is 4.72 Å². The lowest BCUT2D eigenvalue weighted by Crippen LogP contribution is -2.14. The lowest BCUT2D eigenvalue weighted by Gasteiger charge is -2.14. The summed E-state index contributed by atoms with van der Waals surface area (Å²) < 4.78 is 42.4. The van der Waals surface area contributed by atoms with Gasteiger partial charge in [0, 0.05) is 6.07 Å². The third kappa shape index (κ3) is 4.15. The fourth-order valence-electron chi connectivity index (χ4n) is 2.05. The minimum atomic E-state index is -3.98. The number of halogens is 1. The molecular weight excluding hydrogens is 370 g/mol. The highest BCUT2D eigenvalue weighted by Gasteiger charge is 2.20. The molecule has 7 nitrogen and oxygen atoms in total. The van der Waals surface area contributed by atoms with Crippen LogP contribution in [0.5, 0.6) is 11.5 Å². The van der Waals surface area contributed by atoms with Gasteiger partial charge in [0.25, 0.3) is 10.0 Å². The Morgan fingerprint density at radius 2 is 1.72 bits per heavy atom. The van der Waals surface area contributed by atoms with Gasteiger partial charge in [0.05, 0.1) is 42.5 Å². The number of ether oxygens (including phenoxy) is 3. The van der Waals surface area contributed by atoms with Crippen LogP contribution >= 0.6 is 11.6 Å². The minimum absolute atomic E-state index is 0.107. The molecule has 0 amide bonds. The van der Waals surface area contributed by atoms with Crippen LogP contribution in [-0.4, -0.2) is 35.7 Å². The van der Waals surface area contributed by atoms with Gasteiger partial charge < -0.3 is 14.2 Å². The number of benzene rings is 2. The van der Waals surface area contributed by atoms with Gasteiger partial charge in [-0.05, 0) is 24.3 Å². The second kappa shape index (κ2) is 7.62. The number of sulfonamides is 1. The molecule has 2 aromatic carbocycles. The van der Waals surface area contributed by atoms with Crippen LogP contribution in [0.2, 0.25) is 5.02 Å². The van der Waals surface area contributed by atoms with Crippen LogP contribution in [0.3, 0.4) is 0 Å². The zero-order chi connectivity index (χ0) is 18.6. The molecule has 0 aliphatic heterocycles. The molecule has 0 aliphatic rings. The first kappa shape index (κ1) is 18.9. The largest absolute Gasteiger partial charge is 0.495 e. The Morgan fingerprint density at radius 3 is 2.32 bits per heavy atom.